The van der Waals surface area contributed by atoms with Crippen molar-refractivity contribution in [3.63, 3.8) is 0 Å². The second-order valence-electron chi connectivity index (χ2n) is 6.88. The number of urea groups is 1. The van der Waals surface area contributed by atoms with E-state index in [0.29, 0.717) is 33.5 Å². The first-order valence-electron chi connectivity index (χ1n) is 9.94. The minimum absolute atomic E-state index is 0.0395. The molecule has 1 N–H and O–H groups in total. The van der Waals surface area contributed by atoms with Gasteiger partial charge in [-0.25, -0.2) is 9.59 Å². The van der Waals surface area contributed by atoms with Crippen LogP contribution >= 0.6 is 11.6 Å². The SMILES string of the molecule is CCOC(=O)C1=C(COc2cccc(Cl)c2)N(C)C(=O)NC1c1ccc(OC)c(OC)c1. The van der Waals surface area contributed by atoms with Crippen LogP contribution in [-0.4, -0.2) is 51.4 Å². The Labute approximate surface area is 191 Å². The molecule has 1 atom stereocenters. The molecule has 1 aliphatic rings. The molecule has 170 valence electrons. The van der Waals surface area contributed by atoms with E-state index in [-0.39, 0.29) is 24.8 Å². The lowest BCUT2D eigenvalue weighted by molar-refractivity contribution is -0.139. The molecule has 0 bridgehead atoms. The zero-order chi connectivity index (χ0) is 23.3. The zero-order valence-electron chi connectivity index (χ0n) is 18.3. The number of hydrogen-bond acceptors (Lipinski definition) is 6. The fourth-order valence-electron chi connectivity index (χ4n) is 3.37. The lowest BCUT2D eigenvalue weighted by atomic mass is 9.94. The van der Waals surface area contributed by atoms with Crippen LogP contribution in [-0.2, 0) is 9.53 Å². The normalized spacial score (nSPS) is 15.8. The molecule has 1 aliphatic heterocycles. The molecule has 0 aliphatic carbocycles. The van der Waals surface area contributed by atoms with Crippen LogP contribution in [0.4, 0.5) is 4.79 Å². The summed E-state index contributed by atoms with van der Waals surface area (Å²) in [5, 5.41) is 3.37. The van der Waals surface area contributed by atoms with Gasteiger partial charge in [0.25, 0.3) is 0 Å². The Morgan fingerprint density at radius 1 is 1.12 bits per heavy atom. The zero-order valence-corrected chi connectivity index (χ0v) is 19.1. The fraction of sp³-hybridized carbons (Fsp3) is 0.304. The first-order valence-corrected chi connectivity index (χ1v) is 10.3. The number of ether oxygens (including phenoxy) is 4. The highest BCUT2D eigenvalue weighted by Gasteiger charge is 2.37. The van der Waals surface area contributed by atoms with Crippen LogP contribution in [0.15, 0.2) is 53.7 Å². The van der Waals surface area contributed by atoms with E-state index >= 15 is 0 Å². The topological polar surface area (TPSA) is 86.3 Å². The van der Waals surface area contributed by atoms with E-state index in [2.05, 4.69) is 5.32 Å². The summed E-state index contributed by atoms with van der Waals surface area (Å²) in [5.41, 5.74) is 1.28. The summed E-state index contributed by atoms with van der Waals surface area (Å²) in [7, 11) is 4.61. The van der Waals surface area contributed by atoms with E-state index in [1.165, 1.54) is 19.1 Å². The second-order valence-corrected chi connectivity index (χ2v) is 7.32. The molecule has 8 nitrogen and oxygen atoms in total. The number of rotatable bonds is 8. The van der Waals surface area contributed by atoms with Crippen molar-refractivity contribution < 1.29 is 28.5 Å². The molecule has 2 aromatic rings. The average Bonchev–Trinajstić information content (AvgIpc) is 2.79. The largest absolute Gasteiger partial charge is 0.493 e. The quantitative estimate of drug-likeness (QED) is 0.600. The minimum atomic E-state index is -0.768. The van der Waals surface area contributed by atoms with Gasteiger partial charge in [0.2, 0.25) is 0 Å². The van der Waals surface area contributed by atoms with E-state index in [4.69, 9.17) is 30.5 Å². The van der Waals surface area contributed by atoms with Crippen molar-refractivity contribution in [2.75, 3.05) is 34.5 Å². The van der Waals surface area contributed by atoms with Gasteiger partial charge < -0.3 is 24.3 Å². The van der Waals surface area contributed by atoms with Gasteiger partial charge in [-0.1, -0.05) is 23.7 Å². The Balaban J connectivity index is 2.06. The molecule has 0 saturated heterocycles. The van der Waals surface area contributed by atoms with E-state index in [9.17, 15) is 9.59 Å². The number of methoxy groups -OCH3 is 2. The lowest BCUT2D eigenvalue weighted by Crippen LogP contribution is -2.48. The van der Waals surface area contributed by atoms with Gasteiger partial charge in [0, 0.05) is 12.1 Å². The predicted molar refractivity (Wildman–Crippen MR) is 119 cm³/mol. The Bertz CT molecular complexity index is 1040. The van der Waals surface area contributed by atoms with E-state index in [1.807, 2.05) is 0 Å². The molecule has 1 unspecified atom stereocenters. The molecule has 2 aromatic carbocycles. The van der Waals surface area contributed by atoms with Gasteiger partial charge >= 0.3 is 12.0 Å². The van der Waals surface area contributed by atoms with E-state index in [0.717, 1.165) is 0 Å². The molecular formula is C23H25ClN2O6. The summed E-state index contributed by atoms with van der Waals surface area (Å²) in [6.45, 7) is 1.86. The van der Waals surface area contributed by atoms with Crippen molar-refractivity contribution >= 4 is 23.6 Å². The Hall–Kier alpha value is -3.39. The summed E-state index contributed by atoms with van der Waals surface area (Å²) < 4.78 is 21.8. The maximum atomic E-state index is 13.0. The number of hydrogen-bond donors (Lipinski definition) is 1. The molecule has 1 heterocycles. The summed E-state index contributed by atoms with van der Waals surface area (Å²) >= 11 is 6.03. The van der Waals surface area contributed by atoms with Gasteiger partial charge in [0.15, 0.2) is 11.5 Å². The summed E-state index contributed by atoms with van der Waals surface area (Å²) in [6, 6.07) is 10.9. The van der Waals surface area contributed by atoms with Crippen LogP contribution < -0.4 is 19.5 Å². The maximum absolute atomic E-state index is 13.0. The van der Waals surface area contributed by atoms with Crippen LogP contribution in [0.2, 0.25) is 5.02 Å². The second kappa shape index (κ2) is 10.3. The number of amides is 2. The van der Waals surface area contributed by atoms with Crippen molar-refractivity contribution in [1.29, 1.82) is 0 Å². The summed E-state index contributed by atoms with van der Waals surface area (Å²) in [5.74, 6) is 0.957. The van der Waals surface area contributed by atoms with Crippen LogP contribution in [0.1, 0.15) is 18.5 Å². The van der Waals surface area contributed by atoms with Gasteiger partial charge in [-0.05, 0) is 42.8 Å². The van der Waals surface area contributed by atoms with Gasteiger partial charge in [-0.15, -0.1) is 0 Å². The summed E-state index contributed by atoms with van der Waals surface area (Å²) in [6.07, 6.45) is 0. The molecule has 3 rings (SSSR count). The first-order chi connectivity index (χ1) is 15.4. The molecule has 0 spiro atoms. The van der Waals surface area contributed by atoms with Crippen molar-refractivity contribution in [2.24, 2.45) is 0 Å². The van der Waals surface area contributed by atoms with Crippen LogP contribution in [0.5, 0.6) is 17.2 Å². The number of carbonyl (C=O) groups excluding carboxylic acids is 2. The van der Waals surface area contributed by atoms with Crippen molar-refractivity contribution in [3.8, 4) is 17.2 Å². The number of likely N-dealkylation sites (N-methyl/N-ethyl adjacent to an activating group) is 1. The Morgan fingerprint density at radius 3 is 2.53 bits per heavy atom. The molecular weight excluding hydrogens is 436 g/mol. The third-order valence-corrected chi connectivity index (χ3v) is 5.22. The Morgan fingerprint density at radius 2 is 1.88 bits per heavy atom. The van der Waals surface area contributed by atoms with Gasteiger partial charge in [0.05, 0.1) is 38.1 Å². The maximum Gasteiger partial charge on any atom is 0.338 e. The van der Waals surface area contributed by atoms with Crippen molar-refractivity contribution in [1.82, 2.24) is 10.2 Å². The molecule has 2 amide bonds. The van der Waals surface area contributed by atoms with Crippen LogP contribution in [0.3, 0.4) is 0 Å². The number of nitrogens with one attached hydrogen (secondary N) is 1. The van der Waals surface area contributed by atoms with Gasteiger partial charge in [-0.2, -0.15) is 0 Å². The molecule has 0 fully saturated rings. The molecule has 0 aromatic heterocycles. The van der Waals surface area contributed by atoms with Gasteiger partial charge in [0.1, 0.15) is 12.4 Å². The number of benzene rings is 2. The van der Waals surface area contributed by atoms with E-state index in [1.54, 1.807) is 56.4 Å². The monoisotopic (exact) mass is 460 g/mol. The highest BCUT2D eigenvalue weighted by Crippen LogP contribution is 2.36. The first kappa shape index (κ1) is 23.3. The standard InChI is InChI=1S/C23H25ClN2O6/c1-5-31-22(27)20-17(13-32-16-8-6-7-15(24)12-16)26(2)23(28)25-21(20)14-9-10-18(29-3)19(11-14)30-4/h6-12,21H,5,13H2,1-4H3,(H,25,28). The highest BCUT2D eigenvalue weighted by molar-refractivity contribution is 6.30. The third kappa shape index (κ3) is 4.91. The minimum Gasteiger partial charge on any atom is -0.493 e. The number of nitrogens with zero attached hydrogens (tertiary/aromatic N) is 1. The predicted octanol–water partition coefficient (Wildman–Crippen LogP) is 3.95. The fourth-order valence-corrected chi connectivity index (χ4v) is 3.55. The Kier molecular flexibility index (Phi) is 7.48. The van der Waals surface area contributed by atoms with Crippen molar-refractivity contribution in [2.45, 2.75) is 13.0 Å². The van der Waals surface area contributed by atoms with Crippen molar-refractivity contribution in [3.05, 3.63) is 64.3 Å². The van der Waals surface area contributed by atoms with Crippen LogP contribution in [0, 0.1) is 0 Å². The number of esters is 1. The molecule has 0 radical (unpaired) electrons. The average molecular weight is 461 g/mol. The highest BCUT2D eigenvalue weighted by atomic mass is 35.5. The van der Waals surface area contributed by atoms with Gasteiger partial charge in [-0.3, -0.25) is 4.90 Å². The number of halogens is 1. The smallest absolute Gasteiger partial charge is 0.338 e. The molecule has 0 saturated carbocycles. The van der Waals surface area contributed by atoms with E-state index < -0.39 is 12.0 Å². The molecule has 9 heteroatoms. The lowest BCUT2D eigenvalue weighted by Gasteiger charge is -2.34. The summed E-state index contributed by atoms with van der Waals surface area (Å²) in [4.78, 5) is 27.1. The van der Waals surface area contributed by atoms with Crippen LogP contribution in [0.25, 0.3) is 0 Å². The third-order valence-electron chi connectivity index (χ3n) is 4.98. The molecule has 32 heavy (non-hydrogen) atoms. The number of carbonyl (C=O) groups is 2.